The Balaban J connectivity index is 1.45. The summed E-state index contributed by atoms with van der Waals surface area (Å²) in [6.45, 7) is 3.62. The van der Waals surface area contributed by atoms with Gasteiger partial charge >= 0.3 is 0 Å². The second-order valence-electron chi connectivity index (χ2n) is 8.02. The van der Waals surface area contributed by atoms with E-state index in [1.54, 1.807) is 11.0 Å². The van der Waals surface area contributed by atoms with Crippen LogP contribution in [0.25, 0.3) is 6.08 Å². The number of carbonyl (C=O) groups is 3. The number of rotatable bonds is 6. The number of carbonyl (C=O) groups excluding carboxylic acids is 3. The van der Waals surface area contributed by atoms with Crippen LogP contribution in [-0.2, 0) is 16.2 Å². The Morgan fingerprint density at radius 1 is 1.03 bits per heavy atom. The third kappa shape index (κ3) is 5.22. The first-order valence-electron chi connectivity index (χ1n) is 10.8. The lowest BCUT2D eigenvalue weighted by Crippen LogP contribution is -2.44. The molecule has 4 rings (SSSR count). The molecule has 166 valence electrons. The van der Waals surface area contributed by atoms with Gasteiger partial charge in [-0.05, 0) is 55.7 Å². The molecular formula is C25H26N2O4S. The lowest BCUT2D eigenvalue weighted by molar-refractivity contribution is -0.136. The van der Waals surface area contributed by atoms with Crippen LogP contribution in [0.3, 0.4) is 0 Å². The largest absolute Gasteiger partial charge is 0.488 e. The second-order valence-corrected chi connectivity index (χ2v) is 9.01. The number of ether oxygens (including phenoxy) is 1. The fourth-order valence-corrected chi connectivity index (χ4v) is 4.56. The molecular weight excluding hydrogens is 424 g/mol. The molecule has 32 heavy (non-hydrogen) atoms. The first-order chi connectivity index (χ1) is 15.5. The minimum absolute atomic E-state index is 0.171. The number of thioether (sulfide) groups is 1. The molecule has 2 heterocycles. The molecule has 6 nitrogen and oxygen atoms in total. The zero-order valence-electron chi connectivity index (χ0n) is 18.1. The quantitative estimate of drug-likeness (QED) is 0.601. The van der Waals surface area contributed by atoms with Gasteiger partial charge in [-0.3, -0.25) is 19.3 Å². The van der Waals surface area contributed by atoms with E-state index in [2.05, 4.69) is 0 Å². The molecule has 0 saturated carbocycles. The zero-order valence-corrected chi connectivity index (χ0v) is 18.9. The number of nitrogens with zero attached hydrogens (tertiary/aromatic N) is 2. The van der Waals surface area contributed by atoms with Crippen LogP contribution in [0.2, 0.25) is 0 Å². The van der Waals surface area contributed by atoms with E-state index in [0.717, 1.165) is 41.5 Å². The number of likely N-dealkylation sites (tertiary alicyclic amines) is 1. The van der Waals surface area contributed by atoms with Crippen LogP contribution >= 0.6 is 11.8 Å². The van der Waals surface area contributed by atoms with Crippen LogP contribution in [0.1, 0.15) is 36.0 Å². The van der Waals surface area contributed by atoms with Gasteiger partial charge in [0.25, 0.3) is 11.1 Å². The minimum atomic E-state index is -0.432. The minimum Gasteiger partial charge on any atom is -0.488 e. The van der Waals surface area contributed by atoms with E-state index in [-0.39, 0.29) is 12.5 Å². The van der Waals surface area contributed by atoms with E-state index in [0.29, 0.717) is 35.9 Å². The van der Waals surface area contributed by atoms with Gasteiger partial charge in [0.1, 0.15) is 18.9 Å². The van der Waals surface area contributed by atoms with Crippen LogP contribution in [0, 0.1) is 6.92 Å². The van der Waals surface area contributed by atoms with Crippen molar-refractivity contribution in [3.63, 3.8) is 0 Å². The summed E-state index contributed by atoms with van der Waals surface area (Å²) in [6, 6.07) is 15.5. The van der Waals surface area contributed by atoms with E-state index >= 15 is 0 Å². The van der Waals surface area contributed by atoms with Crippen molar-refractivity contribution in [3.8, 4) is 5.75 Å². The van der Waals surface area contributed by atoms with Gasteiger partial charge in [0, 0.05) is 18.7 Å². The summed E-state index contributed by atoms with van der Waals surface area (Å²) in [6.07, 6.45) is 4.71. The molecule has 2 saturated heterocycles. The van der Waals surface area contributed by atoms with Crippen LogP contribution < -0.4 is 4.74 Å². The summed E-state index contributed by atoms with van der Waals surface area (Å²) in [7, 11) is 0. The molecule has 0 spiro atoms. The van der Waals surface area contributed by atoms with Crippen molar-refractivity contribution in [2.75, 3.05) is 19.6 Å². The molecule has 0 atom stereocenters. The Morgan fingerprint density at radius 3 is 2.50 bits per heavy atom. The van der Waals surface area contributed by atoms with E-state index in [1.165, 1.54) is 5.56 Å². The highest BCUT2D eigenvalue weighted by Crippen LogP contribution is 2.34. The van der Waals surface area contributed by atoms with E-state index in [4.69, 9.17) is 4.74 Å². The molecule has 0 radical (unpaired) electrons. The Hall–Kier alpha value is -3.06. The van der Waals surface area contributed by atoms with Crippen molar-refractivity contribution < 1.29 is 19.1 Å². The third-order valence-corrected chi connectivity index (χ3v) is 6.50. The lowest BCUT2D eigenvalue weighted by Gasteiger charge is -2.27. The average molecular weight is 451 g/mol. The SMILES string of the molecule is Cc1ccc(COc2ccccc2/C=C2\SC(=O)N(CC(=O)N3CCCCC3)C2=O)cc1. The lowest BCUT2D eigenvalue weighted by atomic mass is 10.1. The number of piperidine rings is 1. The molecule has 0 unspecified atom stereocenters. The summed E-state index contributed by atoms with van der Waals surface area (Å²) in [5.74, 6) is 0.0260. The van der Waals surface area contributed by atoms with Gasteiger partial charge in [0.2, 0.25) is 5.91 Å². The van der Waals surface area contributed by atoms with Gasteiger partial charge in [-0.15, -0.1) is 0 Å². The molecule has 2 aromatic rings. The molecule has 2 fully saturated rings. The number of aryl methyl sites for hydroxylation is 1. The maximum absolute atomic E-state index is 12.9. The molecule has 0 bridgehead atoms. The van der Waals surface area contributed by atoms with Crippen molar-refractivity contribution in [2.45, 2.75) is 32.8 Å². The van der Waals surface area contributed by atoms with E-state index in [1.807, 2.05) is 55.5 Å². The van der Waals surface area contributed by atoms with Crippen LogP contribution in [0.5, 0.6) is 5.75 Å². The summed E-state index contributed by atoms with van der Waals surface area (Å²) in [5.41, 5.74) is 2.94. The Kier molecular flexibility index (Phi) is 6.95. The number of benzene rings is 2. The first-order valence-corrected chi connectivity index (χ1v) is 11.6. The number of imide groups is 1. The molecule has 0 aliphatic carbocycles. The summed E-state index contributed by atoms with van der Waals surface area (Å²) in [4.78, 5) is 40.9. The monoisotopic (exact) mass is 450 g/mol. The second kappa shape index (κ2) is 10.0. The molecule has 2 aromatic carbocycles. The van der Waals surface area contributed by atoms with E-state index in [9.17, 15) is 14.4 Å². The zero-order chi connectivity index (χ0) is 22.5. The van der Waals surface area contributed by atoms with Gasteiger partial charge in [-0.2, -0.15) is 0 Å². The number of para-hydroxylation sites is 1. The van der Waals surface area contributed by atoms with Crippen molar-refractivity contribution >= 4 is 34.9 Å². The van der Waals surface area contributed by atoms with Crippen molar-refractivity contribution in [1.82, 2.24) is 9.80 Å². The fraction of sp³-hybridized carbons (Fsp3) is 0.320. The van der Waals surface area contributed by atoms with Crippen LogP contribution in [0.4, 0.5) is 4.79 Å². The number of hydrogen-bond acceptors (Lipinski definition) is 5. The van der Waals surface area contributed by atoms with Gasteiger partial charge in [0.15, 0.2) is 0 Å². The maximum atomic E-state index is 12.9. The van der Waals surface area contributed by atoms with E-state index < -0.39 is 11.1 Å². The molecule has 7 heteroatoms. The predicted molar refractivity (Wildman–Crippen MR) is 125 cm³/mol. The highest BCUT2D eigenvalue weighted by molar-refractivity contribution is 8.18. The highest BCUT2D eigenvalue weighted by Gasteiger charge is 2.37. The van der Waals surface area contributed by atoms with Gasteiger partial charge in [-0.25, -0.2) is 0 Å². The van der Waals surface area contributed by atoms with Gasteiger partial charge in [-0.1, -0.05) is 48.0 Å². The topological polar surface area (TPSA) is 66.9 Å². The maximum Gasteiger partial charge on any atom is 0.294 e. The van der Waals surface area contributed by atoms with Crippen molar-refractivity contribution in [1.29, 1.82) is 0 Å². The van der Waals surface area contributed by atoms with Crippen molar-refractivity contribution in [3.05, 3.63) is 70.1 Å². The Bertz CT molecular complexity index is 1040. The Morgan fingerprint density at radius 2 is 1.75 bits per heavy atom. The summed E-state index contributed by atoms with van der Waals surface area (Å²) >= 11 is 0.862. The average Bonchev–Trinajstić information content (AvgIpc) is 3.07. The fourth-order valence-electron chi connectivity index (χ4n) is 3.73. The molecule has 2 aliphatic rings. The predicted octanol–water partition coefficient (Wildman–Crippen LogP) is 4.62. The summed E-state index contributed by atoms with van der Waals surface area (Å²) < 4.78 is 5.98. The highest BCUT2D eigenvalue weighted by atomic mass is 32.2. The van der Waals surface area contributed by atoms with Crippen molar-refractivity contribution in [2.24, 2.45) is 0 Å². The normalized spacial score (nSPS) is 17.8. The summed E-state index contributed by atoms with van der Waals surface area (Å²) in [5, 5.41) is -0.412. The van der Waals surface area contributed by atoms with Gasteiger partial charge in [0.05, 0.1) is 4.91 Å². The van der Waals surface area contributed by atoms with Crippen LogP contribution in [-0.4, -0.2) is 46.5 Å². The van der Waals surface area contributed by atoms with Crippen LogP contribution in [0.15, 0.2) is 53.4 Å². The molecule has 3 amide bonds. The number of amides is 3. The standard InChI is InChI=1S/C25H26N2O4S/c1-18-9-11-19(12-10-18)17-31-21-8-4-3-7-20(21)15-22-24(29)27(25(30)32-22)16-23(28)26-13-5-2-6-14-26/h3-4,7-12,15H,2,5-6,13-14,16-17H2,1H3/b22-15-. The third-order valence-electron chi connectivity index (χ3n) is 5.60. The smallest absolute Gasteiger partial charge is 0.294 e. The molecule has 0 N–H and O–H groups in total. The first kappa shape index (κ1) is 22.1. The molecule has 2 aliphatic heterocycles. The molecule has 0 aromatic heterocycles. The Labute approximate surface area is 192 Å². The number of hydrogen-bond donors (Lipinski definition) is 0. The van der Waals surface area contributed by atoms with Gasteiger partial charge < -0.3 is 9.64 Å².